The van der Waals surface area contributed by atoms with Crippen molar-refractivity contribution in [3.8, 4) is 0 Å². The van der Waals surface area contributed by atoms with Crippen molar-refractivity contribution in [3.63, 3.8) is 0 Å². The summed E-state index contributed by atoms with van der Waals surface area (Å²) in [7, 11) is -7.49. The van der Waals surface area contributed by atoms with Gasteiger partial charge < -0.3 is 5.32 Å². The number of para-hydroxylation sites is 1. The van der Waals surface area contributed by atoms with Gasteiger partial charge in [0.15, 0.2) is 0 Å². The molecule has 0 spiro atoms. The van der Waals surface area contributed by atoms with Crippen LogP contribution in [0.15, 0.2) is 71.6 Å². The van der Waals surface area contributed by atoms with Gasteiger partial charge in [0, 0.05) is 18.8 Å². The summed E-state index contributed by atoms with van der Waals surface area (Å²) < 4.78 is 55.4. The number of amides is 1. The lowest BCUT2D eigenvalue weighted by Gasteiger charge is -2.31. The summed E-state index contributed by atoms with van der Waals surface area (Å²) >= 11 is 11.9. The average Bonchev–Trinajstić information content (AvgIpc) is 2.88. The Hall–Kier alpha value is -2.63. The van der Waals surface area contributed by atoms with Crippen LogP contribution < -0.4 is 10.0 Å². The molecular formula is C26H27Cl2N3O5S2. The van der Waals surface area contributed by atoms with Crippen LogP contribution in [0.3, 0.4) is 0 Å². The second kappa shape index (κ2) is 11.6. The van der Waals surface area contributed by atoms with Crippen LogP contribution in [0.4, 0.5) is 11.4 Å². The summed E-state index contributed by atoms with van der Waals surface area (Å²) in [6, 6.07) is 17.6. The van der Waals surface area contributed by atoms with Crippen molar-refractivity contribution < 1.29 is 21.6 Å². The molecule has 1 saturated heterocycles. The second-order valence-electron chi connectivity index (χ2n) is 9.14. The van der Waals surface area contributed by atoms with Crippen molar-refractivity contribution in [2.75, 3.05) is 23.1 Å². The van der Waals surface area contributed by atoms with Gasteiger partial charge in [0.2, 0.25) is 15.9 Å². The molecule has 1 amide bonds. The van der Waals surface area contributed by atoms with E-state index in [0.29, 0.717) is 41.3 Å². The lowest BCUT2D eigenvalue weighted by molar-refractivity contribution is -0.120. The maximum absolute atomic E-state index is 13.0. The molecule has 3 aromatic carbocycles. The van der Waals surface area contributed by atoms with E-state index in [1.807, 2.05) is 6.07 Å². The number of rotatable bonds is 8. The number of benzene rings is 3. The molecule has 0 radical (unpaired) electrons. The minimum absolute atomic E-state index is 0.0518. The highest BCUT2D eigenvalue weighted by molar-refractivity contribution is 7.92. The number of aryl methyl sites for hydroxylation is 1. The Morgan fingerprint density at radius 1 is 0.974 bits per heavy atom. The topological polar surface area (TPSA) is 113 Å². The summed E-state index contributed by atoms with van der Waals surface area (Å²) in [5, 5.41) is 3.40. The first-order valence-electron chi connectivity index (χ1n) is 11.9. The third-order valence-corrected chi connectivity index (χ3v) is 10.2. The van der Waals surface area contributed by atoms with E-state index in [-0.39, 0.29) is 28.1 Å². The number of nitrogens with zero attached hydrogens (tertiary/aromatic N) is 1. The second-order valence-corrected chi connectivity index (χ2v) is 13.6. The van der Waals surface area contributed by atoms with Gasteiger partial charge in [-0.15, -0.1) is 0 Å². The Morgan fingerprint density at radius 3 is 2.37 bits per heavy atom. The van der Waals surface area contributed by atoms with Crippen LogP contribution in [0.1, 0.15) is 24.0 Å². The molecule has 0 aromatic heterocycles. The van der Waals surface area contributed by atoms with E-state index in [2.05, 4.69) is 10.0 Å². The molecule has 1 unspecified atom stereocenters. The van der Waals surface area contributed by atoms with Gasteiger partial charge in [-0.25, -0.2) is 21.1 Å². The lowest BCUT2D eigenvalue weighted by Crippen LogP contribution is -2.44. The first-order valence-corrected chi connectivity index (χ1v) is 15.7. The van der Waals surface area contributed by atoms with Gasteiger partial charge in [-0.3, -0.25) is 9.52 Å². The van der Waals surface area contributed by atoms with Gasteiger partial charge in [0.25, 0.3) is 10.0 Å². The molecule has 1 aliphatic rings. The average molecular weight is 597 g/mol. The smallest absolute Gasteiger partial charge is 0.261 e. The SMILES string of the molecule is Cc1ccccc1NS(=O)(=O)c1ccc(NC(=O)C2CCCN(S(=O)(=O)Cc3ccc(Cl)c(Cl)c3)C2)cc1. The van der Waals surface area contributed by atoms with Crippen molar-refractivity contribution in [1.29, 1.82) is 0 Å². The fourth-order valence-corrected chi connectivity index (χ4v) is 7.24. The number of sulfonamides is 2. The number of nitrogens with one attached hydrogen (secondary N) is 2. The Kier molecular flexibility index (Phi) is 8.68. The molecule has 8 nitrogen and oxygen atoms in total. The Morgan fingerprint density at radius 2 is 1.68 bits per heavy atom. The molecule has 38 heavy (non-hydrogen) atoms. The first kappa shape index (κ1) is 28.4. The molecule has 1 fully saturated rings. The molecule has 1 atom stereocenters. The van der Waals surface area contributed by atoms with E-state index in [0.717, 1.165) is 5.56 Å². The van der Waals surface area contributed by atoms with Gasteiger partial charge in [0.1, 0.15) is 0 Å². The summed E-state index contributed by atoms with van der Waals surface area (Å²) in [6.45, 7) is 2.19. The van der Waals surface area contributed by atoms with E-state index >= 15 is 0 Å². The van der Waals surface area contributed by atoms with E-state index in [1.54, 1.807) is 37.3 Å². The van der Waals surface area contributed by atoms with Gasteiger partial charge in [0.05, 0.1) is 32.3 Å². The lowest BCUT2D eigenvalue weighted by atomic mass is 9.99. The number of anilines is 2. The Bertz CT molecular complexity index is 1550. The molecule has 4 rings (SSSR count). The third-order valence-electron chi connectivity index (χ3n) is 6.30. The molecule has 0 bridgehead atoms. The zero-order chi connectivity index (χ0) is 27.5. The predicted molar refractivity (Wildman–Crippen MR) is 150 cm³/mol. The van der Waals surface area contributed by atoms with Crippen LogP contribution >= 0.6 is 23.2 Å². The zero-order valence-electron chi connectivity index (χ0n) is 20.5. The molecule has 12 heteroatoms. The van der Waals surface area contributed by atoms with E-state index in [4.69, 9.17) is 23.2 Å². The van der Waals surface area contributed by atoms with Crippen LogP contribution in [0.5, 0.6) is 0 Å². The van der Waals surface area contributed by atoms with Gasteiger partial charge in [-0.2, -0.15) is 0 Å². The molecule has 0 saturated carbocycles. The van der Waals surface area contributed by atoms with Gasteiger partial charge in [-0.1, -0.05) is 47.5 Å². The van der Waals surface area contributed by atoms with Crippen molar-refractivity contribution in [2.45, 2.75) is 30.4 Å². The van der Waals surface area contributed by atoms with Gasteiger partial charge in [-0.05, 0) is 73.4 Å². The summed E-state index contributed by atoms with van der Waals surface area (Å²) in [5.41, 5.74) is 2.21. The first-order chi connectivity index (χ1) is 17.9. The minimum atomic E-state index is -3.81. The normalized spacial score (nSPS) is 16.7. The summed E-state index contributed by atoms with van der Waals surface area (Å²) in [5.74, 6) is -1.11. The number of piperidine rings is 1. The quantitative estimate of drug-likeness (QED) is 0.367. The molecule has 3 aromatic rings. The van der Waals surface area contributed by atoms with Gasteiger partial charge >= 0.3 is 0 Å². The molecule has 1 heterocycles. The minimum Gasteiger partial charge on any atom is -0.326 e. The maximum atomic E-state index is 13.0. The third kappa shape index (κ3) is 6.86. The van der Waals surface area contributed by atoms with Crippen LogP contribution in [-0.4, -0.2) is 40.1 Å². The van der Waals surface area contributed by atoms with E-state index in [9.17, 15) is 21.6 Å². The Labute approximate surface area is 233 Å². The molecule has 2 N–H and O–H groups in total. The zero-order valence-corrected chi connectivity index (χ0v) is 23.7. The fourth-order valence-electron chi connectivity index (χ4n) is 4.19. The molecular weight excluding hydrogens is 569 g/mol. The van der Waals surface area contributed by atoms with Crippen LogP contribution in [0.2, 0.25) is 10.0 Å². The summed E-state index contributed by atoms with van der Waals surface area (Å²) in [6.07, 6.45) is 1.08. The molecule has 202 valence electrons. The van der Waals surface area contributed by atoms with Crippen molar-refractivity contribution >= 4 is 60.5 Å². The van der Waals surface area contributed by atoms with Crippen molar-refractivity contribution in [1.82, 2.24) is 4.31 Å². The van der Waals surface area contributed by atoms with Crippen molar-refractivity contribution in [3.05, 3.63) is 87.9 Å². The molecule has 1 aliphatic heterocycles. The van der Waals surface area contributed by atoms with Crippen LogP contribution in [0, 0.1) is 12.8 Å². The highest BCUT2D eigenvalue weighted by atomic mass is 35.5. The Balaban J connectivity index is 1.39. The number of hydrogen-bond donors (Lipinski definition) is 2. The monoisotopic (exact) mass is 595 g/mol. The van der Waals surface area contributed by atoms with E-state index in [1.165, 1.54) is 34.6 Å². The number of hydrogen-bond acceptors (Lipinski definition) is 5. The van der Waals surface area contributed by atoms with Crippen LogP contribution in [0.25, 0.3) is 0 Å². The van der Waals surface area contributed by atoms with E-state index < -0.39 is 26.0 Å². The number of carbonyl (C=O) groups excluding carboxylic acids is 1. The van der Waals surface area contributed by atoms with Crippen molar-refractivity contribution in [2.24, 2.45) is 5.92 Å². The highest BCUT2D eigenvalue weighted by Crippen LogP contribution is 2.27. The molecule has 0 aliphatic carbocycles. The fraction of sp³-hybridized carbons (Fsp3) is 0.269. The highest BCUT2D eigenvalue weighted by Gasteiger charge is 2.32. The standard InChI is InChI=1S/C26H27Cl2N3O5S2/c1-18-5-2-3-7-25(18)30-38(35,36)22-11-9-21(10-12-22)29-26(32)20-6-4-14-31(16-20)37(33,34)17-19-8-13-23(27)24(28)15-19/h2-3,5,7-13,15,20,30H,4,6,14,16-17H2,1H3,(H,29,32). The van der Waals surface area contributed by atoms with Crippen LogP contribution in [-0.2, 0) is 30.6 Å². The number of carbonyl (C=O) groups is 1. The predicted octanol–water partition coefficient (Wildman–Crippen LogP) is 5.28. The number of halogens is 2. The summed E-state index contributed by atoms with van der Waals surface area (Å²) in [4.78, 5) is 13.0. The largest absolute Gasteiger partial charge is 0.326 e. The maximum Gasteiger partial charge on any atom is 0.261 e.